The zero-order valence-corrected chi connectivity index (χ0v) is 13.7. The van der Waals surface area contributed by atoms with Crippen LogP contribution in [0.3, 0.4) is 0 Å². The number of rotatable bonds is 11. The van der Waals surface area contributed by atoms with Gasteiger partial charge in [0, 0.05) is 39.4 Å². The summed E-state index contributed by atoms with van der Waals surface area (Å²) in [6.45, 7) is 3.17. The van der Waals surface area contributed by atoms with Crippen molar-refractivity contribution in [3.05, 3.63) is 0 Å². The van der Waals surface area contributed by atoms with Crippen LogP contribution in [0, 0.1) is 0 Å². The first-order valence-corrected chi connectivity index (χ1v) is 9.09. The Morgan fingerprint density at radius 2 is 2.05 bits per heavy atom. The van der Waals surface area contributed by atoms with E-state index in [9.17, 15) is 8.42 Å². The molecular formula is C13H29N3O4S. The van der Waals surface area contributed by atoms with Gasteiger partial charge in [-0.05, 0) is 25.7 Å². The van der Waals surface area contributed by atoms with Crippen LogP contribution < -0.4 is 10.5 Å². The molecule has 3 N–H and O–H groups in total. The Bertz CT molecular complexity index is 364. The fourth-order valence-electron chi connectivity index (χ4n) is 2.38. The summed E-state index contributed by atoms with van der Waals surface area (Å²) < 4.78 is 38.9. The second-order valence-corrected chi connectivity index (χ2v) is 6.92. The van der Waals surface area contributed by atoms with Gasteiger partial charge in [-0.3, -0.25) is 0 Å². The Labute approximate surface area is 128 Å². The van der Waals surface area contributed by atoms with Crippen LogP contribution in [0.25, 0.3) is 0 Å². The number of ether oxygens (including phenoxy) is 2. The first kappa shape index (κ1) is 18.8. The number of nitrogens with two attached hydrogens (primary N) is 1. The van der Waals surface area contributed by atoms with Crippen LogP contribution in [-0.2, 0) is 19.7 Å². The maximum absolute atomic E-state index is 12.2. The highest BCUT2D eigenvalue weighted by Crippen LogP contribution is 2.18. The first-order chi connectivity index (χ1) is 10.1. The second kappa shape index (κ2) is 10.5. The van der Waals surface area contributed by atoms with Crippen LogP contribution in [0.15, 0.2) is 0 Å². The van der Waals surface area contributed by atoms with Gasteiger partial charge >= 0.3 is 0 Å². The molecule has 1 rings (SSSR count). The van der Waals surface area contributed by atoms with Gasteiger partial charge in [-0.1, -0.05) is 6.42 Å². The van der Waals surface area contributed by atoms with Gasteiger partial charge < -0.3 is 15.2 Å². The minimum atomic E-state index is -3.40. The van der Waals surface area contributed by atoms with Crippen molar-refractivity contribution < 1.29 is 17.9 Å². The van der Waals surface area contributed by atoms with Crippen molar-refractivity contribution in [2.75, 3.05) is 46.6 Å². The van der Waals surface area contributed by atoms with Crippen molar-refractivity contribution in [2.45, 2.75) is 38.1 Å². The standard InChI is InChI=1S/C13H29N3O4S/c1-19-10-11-20-9-5-3-7-15-21(17,18)16-8-4-2-6-13(16)12-14/h13,15H,2-12,14H2,1H3. The van der Waals surface area contributed by atoms with E-state index < -0.39 is 10.2 Å². The third-order valence-corrected chi connectivity index (χ3v) is 5.25. The van der Waals surface area contributed by atoms with Crippen molar-refractivity contribution >= 4 is 10.2 Å². The highest BCUT2D eigenvalue weighted by molar-refractivity contribution is 7.87. The molecule has 0 amide bonds. The predicted molar refractivity (Wildman–Crippen MR) is 82.3 cm³/mol. The van der Waals surface area contributed by atoms with Crippen molar-refractivity contribution in [2.24, 2.45) is 5.73 Å². The minimum Gasteiger partial charge on any atom is -0.382 e. The largest absolute Gasteiger partial charge is 0.382 e. The van der Waals surface area contributed by atoms with E-state index in [2.05, 4.69) is 4.72 Å². The molecular weight excluding hydrogens is 294 g/mol. The number of unbranched alkanes of at least 4 members (excludes halogenated alkanes) is 1. The summed E-state index contributed by atoms with van der Waals surface area (Å²) in [4.78, 5) is 0. The molecule has 0 aromatic carbocycles. The zero-order chi connectivity index (χ0) is 15.6. The molecule has 1 unspecified atom stereocenters. The molecule has 0 aromatic rings. The van der Waals surface area contributed by atoms with E-state index in [0.717, 1.165) is 32.1 Å². The molecule has 1 aliphatic heterocycles. The normalized spacial score (nSPS) is 20.8. The third kappa shape index (κ3) is 7.03. The quantitative estimate of drug-likeness (QED) is 0.525. The summed E-state index contributed by atoms with van der Waals surface area (Å²) in [5.74, 6) is 0. The van der Waals surface area contributed by atoms with Gasteiger partial charge in [0.15, 0.2) is 0 Å². The molecule has 1 saturated heterocycles. The van der Waals surface area contributed by atoms with Gasteiger partial charge in [0.05, 0.1) is 13.2 Å². The van der Waals surface area contributed by atoms with E-state index >= 15 is 0 Å². The molecule has 0 spiro atoms. The van der Waals surface area contributed by atoms with Crippen LogP contribution in [0.1, 0.15) is 32.1 Å². The zero-order valence-electron chi connectivity index (χ0n) is 12.9. The van der Waals surface area contributed by atoms with E-state index in [4.69, 9.17) is 15.2 Å². The second-order valence-electron chi connectivity index (χ2n) is 5.21. The van der Waals surface area contributed by atoms with Gasteiger partial charge in [0.1, 0.15) is 0 Å². The molecule has 7 nitrogen and oxygen atoms in total. The number of hydrogen-bond donors (Lipinski definition) is 2. The smallest absolute Gasteiger partial charge is 0.279 e. The summed E-state index contributed by atoms with van der Waals surface area (Å²) >= 11 is 0. The molecule has 0 aliphatic carbocycles. The average Bonchev–Trinajstić information content (AvgIpc) is 2.50. The fourth-order valence-corrected chi connectivity index (χ4v) is 3.91. The topological polar surface area (TPSA) is 93.9 Å². The van der Waals surface area contributed by atoms with Gasteiger partial charge in [0.2, 0.25) is 0 Å². The highest BCUT2D eigenvalue weighted by Gasteiger charge is 2.30. The molecule has 0 aromatic heterocycles. The van der Waals surface area contributed by atoms with E-state index in [0.29, 0.717) is 39.5 Å². The van der Waals surface area contributed by atoms with Gasteiger partial charge in [-0.15, -0.1) is 0 Å². The van der Waals surface area contributed by atoms with Crippen LogP contribution in [-0.4, -0.2) is 65.3 Å². The van der Waals surface area contributed by atoms with Crippen molar-refractivity contribution in [1.29, 1.82) is 0 Å². The number of hydrogen-bond acceptors (Lipinski definition) is 5. The Morgan fingerprint density at radius 1 is 1.24 bits per heavy atom. The minimum absolute atomic E-state index is 0.0615. The lowest BCUT2D eigenvalue weighted by Gasteiger charge is -2.33. The lowest BCUT2D eigenvalue weighted by molar-refractivity contribution is 0.0689. The maximum atomic E-state index is 12.2. The molecule has 0 radical (unpaired) electrons. The molecule has 0 bridgehead atoms. The van der Waals surface area contributed by atoms with E-state index in [1.165, 1.54) is 4.31 Å². The average molecular weight is 323 g/mol. The van der Waals surface area contributed by atoms with Crippen molar-refractivity contribution in [3.8, 4) is 0 Å². The van der Waals surface area contributed by atoms with E-state index in [1.807, 2.05) is 0 Å². The van der Waals surface area contributed by atoms with Crippen LogP contribution in [0.2, 0.25) is 0 Å². The number of piperidine rings is 1. The Kier molecular flexibility index (Phi) is 9.37. The molecule has 1 fully saturated rings. The summed E-state index contributed by atoms with van der Waals surface area (Å²) in [6, 6.07) is -0.0615. The Balaban J connectivity index is 2.20. The monoisotopic (exact) mass is 323 g/mol. The Morgan fingerprint density at radius 3 is 2.76 bits per heavy atom. The van der Waals surface area contributed by atoms with Crippen LogP contribution in [0.4, 0.5) is 0 Å². The van der Waals surface area contributed by atoms with Gasteiger partial charge in [-0.2, -0.15) is 12.7 Å². The number of nitrogens with zero attached hydrogens (tertiary/aromatic N) is 1. The van der Waals surface area contributed by atoms with Gasteiger partial charge in [-0.25, -0.2) is 4.72 Å². The fraction of sp³-hybridized carbons (Fsp3) is 1.00. The van der Waals surface area contributed by atoms with Crippen molar-refractivity contribution in [1.82, 2.24) is 9.03 Å². The molecule has 21 heavy (non-hydrogen) atoms. The third-order valence-electron chi connectivity index (χ3n) is 3.59. The lowest BCUT2D eigenvalue weighted by Crippen LogP contribution is -2.51. The van der Waals surface area contributed by atoms with E-state index in [1.54, 1.807) is 7.11 Å². The highest BCUT2D eigenvalue weighted by atomic mass is 32.2. The maximum Gasteiger partial charge on any atom is 0.279 e. The lowest BCUT2D eigenvalue weighted by atomic mass is 10.1. The SMILES string of the molecule is COCCOCCCCNS(=O)(=O)N1CCCCC1CN. The van der Waals surface area contributed by atoms with Crippen molar-refractivity contribution in [3.63, 3.8) is 0 Å². The van der Waals surface area contributed by atoms with E-state index in [-0.39, 0.29) is 6.04 Å². The summed E-state index contributed by atoms with van der Waals surface area (Å²) in [7, 11) is -1.77. The van der Waals surface area contributed by atoms with Crippen LogP contribution >= 0.6 is 0 Å². The van der Waals surface area contributed by atoms with Gasteiger partial charge in [0.25, 0.3) is 10.2 Å². The molecule has 8 heteroatoms. The molecule has 1 aliphatic rings. The summed E-state index contributed by atoms with van der Waals surface area (Å²) in [6.07, 6.45) is 4.39. The first-order valence-electron chi connectivity index (χ1n) is 7.65. The number of methoxy groups -OCH3 is 1. The molecule has 126 valence electrons. The molecule has 1 heterocycles. The Hall–Kier alpha value is -0.250. The number of nitrogens with one attached hydrogen (secondary N) is 1. The predicted octanol–water partition coefficient (Wildman–Crippen LogP) is 0.0772. The van der Waals surface area contributed by atoms with Crippen LogP contribution in [0.5, 0.6) is 0 Å². The summed E-state index contributed by atoms with van der Waals surface area (Å²) in [5.41, 5.74) is 5.66. The molecule has 0 saturated carbocycles. The molecule has 1 atom stereocenters. The summed E-state index contributed by atoms with van der Waals surface area (Å²) in [5, 5.41) is 0.